The molecule has 0 fully saturated rings. The number of cyclic esters (lactones) is 1. The van der Waals surface area contributed by atoms with Crippen molar-refractivity contribution < 1.29 is 18.7 Å². The molecule has 0 N–H and O–H groups in total. The minimum atomic E-state index is -2.64. The summed E-state index contributed by atoms with van der Waals surface area (Å²) >= 11 is 0. The van der Waals surface area contributed by atoms with Gasteiger partial charge in [0.15, 0.2) is 0 Å². The first-order chi connectivity index (χ1) is 18.3. The van der Waals surface area contributed by atoms with Crippen LogP contribution in [0.1, 0.15) is 46.1 Å². The van der Waals surface area contributed by atoms with Crippen molar-refractivity contribution in [1.29, 1.82) is 0 Å². The van der Waals surface area contributed by atoms with E-state index >= 15 is 0 Å². The number of carbonyl (C=O) groups is 1. The maximum atomic E-state index is 12.5. The zero-order chi connectivity index (χ0) is 27.0. The molecule has 0 spiro atoms. The van der Waals surface area contributed by atoms with Crippen LogP contribution in [0.2, 0.25) is 5.04 Å². The minimum absolute atomic E-state index is 0.0505. The fraction of sp³-hybridized carbons (Fsp3) is 0.364. The normalized spacial score (nSPS) is 17.0. The van der Waals surface area contributed by atoms with Gasteiger partial charge in [-0.2, -0.15) is 0 Å². The summed E-state index contributed by atoms with van der Waals surface area (Å²) in [6.45, 7) is 10.6. The molecule has 200 valence electrons. The highest BCUT2D eigenvalue weighted by Crippen LogP contribution is 2.37. The van der Waals surface area contributed by atoms with Crippen LogP contribution in [0.3, 0.4) is 0 Å². The van der Waals surface area contributed by atoms with Crippen LogP contribution in [0.15, 0.2) is 103 Å². The van der Waals surface area contributed by atoms with Crippen LogP contribution in [0.5, 0.6) is 0 Å². The first kappa shape index (κ1) is 28.0. The van der Waals surface area contributed by atoms with Crippen LogP contribution in [-0.4, -0.2) is 33.6 Å². The summed E-state index contributed by atoms with van der Waals surface area (Å²) < 4.78 is 18.8. The maximum Gasteiger partial charge on any atom is 0.330 e. The molecule has 1 aliphatic rings. The Morgan fingerprint density at radius 3 is 2.00 bits per heavy atom. The highest BCUT2D eigenvalue weighted by atomic mass is 28.4. The summed E-state index contributed by atoms with van der Waals surface area (Å²) in [4.78, 5) is 12.5. The standard InChI is InChI=1S/C33H40O4Si/c1-26(31-22-28(23-32(34)37-31)20-21-35-25-27-14-8-5-9-15-27)24-36-38(33(2,3)4,29-16-10-6-11-17-29)30-18-12-7-13-19-30/h5-19,23,26,31H,20-22,24-25H2,1-4H3/t26-,31-/m1/s1. The van der Waals surface area contributed by atoms with Crippen molar-refractivity contribution in [1.82, 2.24) is 0 Å². The second kappa shape index (κ2) is 12.7. The average molecular weight is 529 g/mol. The van der Waals surface area contributed by atoms with E-state index in [4.69, 9.17) is 13.9 Å². The lowest BCUT2D eigenvalue weighted by molar-refractivity contribution is -0.147. The van der Waals surface area contributed by atoms with E-state index in [-0.39, 0.29) is 23.0 Å². The van der Waals surface area contributed by atoms with Crippen LogP contribution in [-0.2, 0) is 25.3 Å². The first-order valence-electron chi connectivity index (χ1n) is 13.6. The Labute approximate surface area is 228 Å². The van der Waals surface area contributed by atoms with Gasteiger partial charge in [0.2, 0.25) is 0 Å². The van der Waals surface area contributed by atoms with Gasteiger partial charge < -0.3 is 13.9 Å². The number of rotatable bonds is 11. The van der Waals surface area contributed by atoms with Gasteiger partial charge in [0, 0.05) is 25.0 Å². The zero-order valence-electron chi connectivity index (χ0n) is 23.1. The van der Waals surface area contributed by atoms with Gasteiger partial charge in [-0.15, -0.1) is 0 Å². The molecule has 3 aromatic rings. The Balaban J connectivity index is 1.44. The fourth-order valence-electron chi connectivity index (χ4n) is 5.29. The van der Waals surface area contributed by atoms with E-state index in [1.54, 1.807) is 6.08 Å². The van der Waals surface area contributed by atoms with Crippen LogP contribution in [0.25, 0.3) is 0 Å². The van der Waals surface area contributed by atoms with Crippen LogP contribution in [0.4, 0.5) is 0 Å². The number of carbonyl (C=O) groups excluding carboxylic acids is 1. The van der Waals surface area contributed by atoms with E-state index in [9.17, 15) is 4.79 Å². The van der Waals surface area contributed by atoms with E-state index in [1.165, 1.54) is 10.4 Å². The quantitative estimate of drug-likeness (QED) is 0.173. The van der Waals surface area contributed by atoms with E-state index in [1.807, 2.05) is 18.2 Å². The van der Waals surface area contributed by atoms with Crippen LogP contribution < -0.4 is 10.4 Å². The Hall–Kier alpha value is -2.99. The van der Waals surface area contributed by atoms with Crippen molar-refractivity contribution in [3.8, 4) is 0 Å². The molecule has 2 atom stereocenters. The Bertz CT molecular complexity index is 1150. The third-order valence-electron chi connectivity index (χ3n) is 7.35. The third-order valence-corrected chi connectivity index (χ3v) is 12.4. The topological polar surface area (TPSA) is 44.8 Å². The molecular formula is C33H40O4Si. The van der Waals surface area contributed by atoms with E-state index in [2.05, 4.69) is 100 Å². The number of esters is 1. The highest BCUT2D eigenvalue weighted by Gasteiger charge is 2.50. The van der Waals surface area contributed by atoms with Gasteiger partial charge in [-0.25, -0.2) is 4.79 Å². The highest BCUT2D eigenvalue weighted by molar-refractivity contribution is 6.99. The van der Waals surface area contributed by atoms with Gasteiger partial charge in [-0.3, -0.25) is 0 Å². The smallest absolute Gasteiger partial charge is 0.330 e. The van der Waals surface area contributed by atoms with Gasteiger partial charge in [-0.1, -0.05) is 124 Å². The van der Waals surface area contributed by atoms with Gasteiger partial charge >= 0.3 is 5.97 Å². The first-order valence-corrected chi connectivity index (χ1v) is 15.5. The molecule has 5 heteroatoms. The molecule has 0 aliphatic carbocycles. The van der Waals surface area contributed by atoms with Crippen molar-refractivity contribution in [2.24, 2.45) is 5.92 Å². The number of benzene rings is 3. The van der Waals surface area contributed by atoms with Gasteiger partial charge in [0.1, 0.15) is 6.10 Å². The molecule has 0 radical (unpaired) electrons. The Kier molecular flexibility index (Phi) is 9.37. The van der Waals surface area contributed by atoms with E-state index < -0.39 is 8.32 Å². The molecule has 4 rings (SSSR count). The molecule has 1 heterocycles. The molecule has 0 saturated heterocycles. The molecule has 3 aromatic carbocycles. The second-order valence-electron chi connectivity index (χ2n) is 11.2. The minimum Gasteiger partial charge on any atom is -0.459 e. The van der Waals surface area contributed by atoms with Gasteiger partial charge in [-0.05, 0) is 27.4 Å². The average Bonchev–Trinajstić information content (AvgIpc) is 2.92. The molecule has 0 aromatic heterocycles. The molecule has 4 nitrogen and oxygen atoms in total. The monoisotopic (exact) mass is 528 g/mol. The predicted octanol–water partition coefficient (Wildman–Crippen LogP) is 6.05. The lowest BCUT2D eigenvalue weighted by Gasteiger charge is -2.44. The summed E-state index contributed by atoms with van der Waals surface area (Å²) in [5.41, 5.74) is 2.23. The Morgan fingerprint density at radius 1 is 0.895 bits per heavy atom. The maximum absolute atomic E-state index is 12.5. The molecular weight excluding hydrogens is 488 g/mol. The fourth-order valence-corrected chi connectivity index (χ4v) is 9.96. The van der Waals surface area contributed by atoms with Crippen LogP contribution in [0, 0.1) is 5.92 Å². The lowest BCUT2D eigenvalue weighted by atomic mass is 9.94. The van der Waals surface area contributed by atoms with Crippen molar-refractivity contribution in [3.63, 3.8) is 0 Å². The predicted molar refractivity (Wildman–Crippen MR) is 156 cm³/mol. The number of hydrogen-bond acceptors (Lipinski definition) is 4. The lowest BCUT2D eigenvalue weighted by Crippen LogP contribution is -2.67. The molecule has 0 amide bonds. The van der Waals surface area contributed by atoms with Crippen molar-refractivity contribution in [2.45, 2.75) is 58.3 Å². The molecule has 1 aliphatic heterocycles. The molecule has 38 heavy (non-hydrogen) atoms. The number of ether oxygens (including phenoxy) is 2. The molecule has 0 unspecified atom stereocenters. The van der Waals surface area contributed by atoms with Crippen LogP contribution >= 0.6 is 0 Å². The second-order valence-corrected chi connectivity index (χ2v) is 15.5. The Morgan fingerprint density at radius 2 is 1.45 bits per heavy atom. The third kappa shape index (κ3) is 6.71. The van der Waals surface area contributed by atoms with Crippen molar-refractivity contribution >= 4 is 24.7 Å². The SMILES string of the molecule is C[C@H](CO[Si](c1ccccc1)(c1ccccc1)C(C)(C)C)[C@H]1CC(CCOCc2ccccc2)=CC(=O)O1. The van der Waals surface area contributed by atoms with Gasteiger partial charge in [0.05, 0.1) is 13.2 Å². The largest absolute Gasteiger partial charge is 0.459 e. The van der Waals surface area contributed by atoms with E-state index in [0.717, 1.165) is 17.6 Å². The van der Waals surface area contributed by atoms with Crippen molar-refractivity contribution in [2.75, 3.05) is 13.2 Å². The number of hydrogen-bond donors (Lipinski definition) is 0. The summed E-state index contributed by atoms with van der Waals surface area (Å²) in [5, 5.41) is 2.41. The summed E-state index contributed by atoms with van der Waals surface area (Å²) in [6.07, 6.45) is 2.86. The molecule has 0 saturated carbocycles. The summed E-state index contributed by atoms with van der Waals surface area (Å²) in [5.74, 6) is -0.217. The zero-order valence-corrected chi connectivity index (χ0v) is 24.1. The summed E-state index contributed by atoms with van der Waals surface area (Å²) in [6, 6.07) is 31.4. The van der Waals surface area contributed by atoms with E-state index in [0.29, 0.717) is 26.2 Å². The van der Waals surface area contributed by atoms with Gasteiger partial charge in [0.25, 0.3) is 8.32 Å². The molecule has 0 bridgehead atoms. The summed E-state index contributed by atoms with van der Waals surface area (Å²) in [7, 11) is -2.64. The van der Waals surface area contributed by atoms with Crippen molar-refractivity contribution in [3.05, 3.63) is 108 Å².